The molecule has 19 heavy (non-hydrogen) atoms. The molecular formula is C13H18BrCl2NO2. The maximum atomic E-state index is 9.83. The Morgan fingerprint density at radius 3 is 2.32 bits per heavy atom. The van der Waals surface area contributed by atoms with Crippen molar-refractivity contribution in [2.24, 2.45) is 0 Å². The normalized spacial score (nSPS) is 13.4. The zero-order valence-corrected chi connectivity index (χ0v) is 14.2. The fraction of sp³-hybridized carbons (Fsp3) is 0.538. The van der Waals surface area contributed by atoms with Crippen molar-refractivity contribution in [2.75, 3.05) is 18.5 Å². The Kier molecular flexibility index (Phi) is 6.40. The number of halogens is 3. The summed E-state index contributed by atoms with van der Waals surface area (Å²) in [5.41, 5.74) is 0.342. The number of hydrogen-bond donors (Lipinski definition) is 2. The van der Waals surface area contributed by atoms with E-state index in [9.17, 15) is 5.11 Å². The molecule has 0 spiro atoms. The second-order valence-electron chi connectivity index (χ2n) is 5.20. The Bertz CT molecular complexity index is 412. The van der Waals surface area contributed by atoms with E-state index < -0.39 is 6.10 Å². The SMILES string of the molecule is CC(C)(C)OCC(O)CNc1c(Cl)cc(Br)cc1Cl. The van der Waals surface area contributed by atoms with E-state index in [4.69, 9.17) is 27.9 Å². The Hall–Kier alpha value is -0.0000000000000000555. The molecule has 1 atom stereocenters. The lowest BCUT2D eigenvalue weighted by molar-refractivity contribution is -0.0449. The molecular weight excluding hydrogens is 353 g/mol. The molecule has 0 aliphatic heterocycles. The highest BCUT2D eigenvalue weighted by Crippen LogP contribution is 2.33. The van der Waals surface area contributed by atoms with E-state index in [1.807, 2.05) is 20.8 Å². The Labute approximate surface area is 132 Å². The van der Waals surface area contributed by atoms with Gasteiger partial charge in [0, 0.05) is 11.0 Å². The third-order valence-electron chi connectivity index (χ3n) is 2.23. The second kappa shape index (κ2) is 7.14. The topological polar surface area (TPSA) is 41.5 Å². The van der Waals surface area contributed by atoms with Crippen LogP contribution >= 0.6 is 39.1 Å². The van der Waals surface area contributed by atoms with Crippen LogP contribution in [-0.4, -0.2) is 30.0 Å². The summed E-state index contributed by atoms with van der Waals surface area (Å²) >= 11 is 15.5. The van der Waals surface area contributed by atoms with E-state index >= 15 is 0 Å². The van der Waals surface area contributed by atoms with E-state index in [1.165, 1.54) is 0 Å². The lowest BCUT2D eigenvalue weighted by Gasteiger charge is -2.22. The van der Waals surface area contributed by atoms with E-state index in [2.05, 4.69) is 21.2 Å². The molecule has 0 aliphatic rings. The van der Waals surface area contributed by atoms with Crippen LogP contribution in [0.5, 0.6) is 0 Å². The first-order chi connectivity index (χ1) is 8.69. The molecule has 6 heteroatoms. The van der Waals surface area contributed by atoms with Gasteiger partial charge in [-0.2, -0.15) is 0 Å². The van der Waals surface area contributed by atoms with Gasteiger partial charge in [0.2, 0.25) is 0 Å². The first-order valence-electron chi connectivity index (χ1n) is 5.89. The zero-order chi connectivity index (χ0) is 14.6. The van der Waals surface area contributed by atoms with Crippen LogP contribution < -0.4 is 5.32 Å². The maximum absolute atomic E-state index is 9.83. The molecule has 0 amide bonds. The summed E-state index contributed by atoms with van der Waals surface area (Å²) in [5, 5.41) is 13.9. The molecule has 0 saturated carbocycles. The standard InChI is InChI=1S/C13H18BrCl2NO2/c1-13(2,3)19-7-9(18)6-17-12-10(15)4-8(14)5-11(12)16/h4-5,9,17-18H,6-7H2,1-3H3. The van der Waals surface area contributed by atoms with Gasteiger partial charge in [0.1, 0.15) is 0 Å². The second-order valence-corrected chi connectivity index (χ2v) is 6.93. The number of hydrogen-bond acceptors (Lipinski definition) is 3. The number of aliphatic hydroxyl groups is 1. The van der Waals surface area contributed by atoms with Gasteiger partial charge in [-0.3, -0.25) is 0 Å². The minimum Gasteiger partial charge on any atom is -0.389 e. The van der Waals surface area contributed by atoms with Crippen LogP contribution in [-0.2, 0) is 4.74 Å². The molecule has 0 aliphatic carbocycles. The van der Waals surface area contributed by atoms with E-state index in [1.54, 1.807) is 12.1 Å². The van der Waals surface area contributed by atoms with Crippen molar-refractivity contribution in [1.82, 2.24) is 0 Å². The van der Waals surface area contributed by atoms with Crippen LogP contribution in [0.1, 0.15) is 20.8 Å². The van der Waals surface area contributed by atoms with Gasteiger partial charge < -0.3 is 15.2 Å². The summed E-state index contributed by atoms with van der Waals surface area (Å²) in [5.74, 6) is 0. The first kappa shape index (κ1) is 17.1. The molecule has 1 rings (SSSR count). The molecule has 0 fully saturated rings. The largest absolute Gasteiger partial charge is 0.389 e. The van der Waals surface area contributed by atoms with Gasteiger partial charge >= 0.3 is 0 Å². The smallest absolute Gasteiger partial charge is 0.0945 e. The number of benzene rings is 1. The quantitative estimate of drug-likeness (QED) is 0.809. The lowest BCUT2D eigenvalue weighted by atomic mass is 10.2. The average Bonchev–Trinajstić information content (AvgIpc) is 2.23. The summed E-state index contributed by atoms with van der Waals surface area (Å²) in [4.78, 5) is 0. The molecule has 1 aromatic rings. The Morgan fingerprint density at radius 2 is 1.84 bits per heavy atom. The predicted octanol–water partition coefficient (Wildman–Crippen LogP) is 4.34. The summed E-state index contributed by atoms with van der Waals surface area (Å²) in [7, 11) is 0. The lowest BCUT2D eigenvalue weighted by Crippen LogP contribution is -2.30. The third kappa shape index (κ3) is 6.32. The highest BCUT2D eigenvalue weighted by atomic mass is 79.9. The molecule has 0 heterocycles. The van der Waals surface area contributed by atoms with Gasteiger partial charge in [-0.25, -0.2) is 0 Å². The molecule has 1 unspecified atom stereocenters. The van der Waals surface area contributed by atoms with Crippen molar-refractivity contribution in [3.05, 3.63) is 26.7 Å². The van der Waals surface area contributed by atoms with Crippen LogP contribution in [0.4, 0.5) is 5.69 Å². The Balaban J connectivity index is 2.53. The fourth-order valence-corrected chi connectivity index (χ4v) is 2.68. The molecule has 0 saturated heterocycles. The summed E-state index contributed by atoms with van der Waals surface area (Å²) < 4.78 is 6.31. The number of aliphatic hydroxyl groups excluding tert-OH is 1. The zero-order valence-electron chi connectivity index (χ0n) is 11.1. The van der Waals surface area contributed by atoms with Gasteiger partial charge in [-0.1, -0.05) is 39.1 Å². The number of anilines is 1. The van der Waals surface area contributed by atoms with Crippen LogP contribution in [0.15, 0.2) is 16.6 Å². The molecule has 1 aromatic carbocycles. The van der Waals surface area contributed by atoms with Crippen molar-refractivity contribution < 1.29 is 9.84 Å². The summed E-state index contributed by atoms with van der Waals surface area (Å²) in [6.07, 6.45) is -0.630. The maximum Gasteiger partial charge on any atom is 0.0945 e. The molecule has 2 N–H and O–H groups in total. The minimum absolute atomic E-state index is 0.252. The highest BCUT2D eigenvalue weighted by molar-refractivity contribution is 9.10. The third-order valence-corrected chi connectivity index (χ3v) is 3.28. The first-order valence-corrected chi connectivity index (χ1v) is 7.44. The van der Waals surface area contributed by atoms with Gasteiger partial charge in [0.15, 0.2) is 0 Å². The monoisotopic (exact) mass is 369 g/mol. The van der Waals surface area contributed by atoms with Crippen molar-refractivity contribution in [1.29, 1.82) is 0 Å². The number of nitrogens with one attached hydrogen (secondary N) is 1. The van der Waals surface area contributed by atoms with E-state index in [-0.39, 0.29) is 12.2 Å². The van der Waals surface area contributed by atoms with Crippen molar-refractivity contribution >= 4 is 44.8 Å². The van der Waals surface area contributed by atoms with Gasteiger partial charge in [0.25, 0.3) is 0 Å². The van der Waals surface area contributed by atoms with Crippen molar-refractivity contribution in [2.45, 2.75) is 32.5 Å². The summed E-state index contributed by atoms with van der Waals surface area (Å²) in [6, 6.07) is 3.49. The Morgan fingerprint density at radius 1 is 1.32 bits per heavy atom. The number of ether oxygens (including phenoxy) is 1. The molecule has 0 radical (unpaired) electrons. The van der Waals surface area contributed by atoms with Crippen LogP contribution in [0, 0.1) is 0 Å². The highest BCUT2D eigenvalue weighted by Gasteiger charge is 2.14. The molecule has 0 bridgehead atoms. The van der Waals surface area contributed by atoms with E-state index in [0.717, 1.165) is 4.47 Å². The van der Waals surface area contributed by atoms with E-state index in [0.29, 0.717) is 22.3 Å². The van der Waals surface area contributed by atoms with Crippen LogP contribution in [0.2, 0.25) is 10.0 Å². The van der Waals surface area contributed by atoms with Crippen molar-refractivity contribution in [3.63, 3.8) is 0 Å². The van der Waals surface area contributed by atoms with Crippen molar-refractivity contribution in [3.8, 4) is 0 Å². The predicted molar refractivity (Wildman–Crippen MR) is 84.4 cm³/mol. The molecule has 3 nitrogen and oxygen atoms in total. The number of rotatable bonds is 5. The van der Waals surface area contributed by atoms with Crippen LogP contribution in [0.3, 0.4) is 0 Å². The van der Waals surface area contributed by atoms with Gasteiger partial charge in [-0.15, -0.1) is 0 Å². The van der Waals surface area contributed by atoms with Gasteiger partial charge in [0.05, 0.1) is 34.0 Å². The molecule has 108 valence electrons. The fourth-order valence-electron chi connectivity index (χ4n) is 1.34. The van der Waals surface area contributed by atoms with Gasteiger partial charge in [-0.05, 0) is 32.9 Å². The average molecular weight is 371 g/mol. The molecule has 0 aromatic heterocycles. The minimum atomic E-state index is -0.630. The summed E-state index contributed by atoms with van der Waals surface area (Å²) in [6.45, 7) is 6.39. The van der Waals surface area contributed by atoms with Crippen LogP contribution in [0.25, 0.3) is 0 Å².